The normalized spacial score (nSPS) is 12.2. The molecule has 0 aliphatic rings. The van der Waals surface area contributed by atoms with Gasteiger partial charge in [-0.1, -0.05) is 0 Å². The molecule has 0 aliphatic heterocycles. The molecule has 0 saturated carbocycles. The van der Waals surface area contributed by atoms with Crippen LogP contribution >= 0.6 is 0 Å². The molecule has 0 saturated heterocycles. The quantitative estimate of drug-likeness (QED) is 0.588. The fourth-order valence-corrected chi connectivity index (χ4v) is 2.69. The summed E-state index contributed by atoms with van der Waals surface area (Å²) in [6.07, 6.45) is 0. The Kier molecular flexibility index (Phi) is 4.69. The fourth-order valence-electron chi connectivity index (χ4n) is 1.34. The minimum Gasteiger partial charge on any atom is -0.495 e. The molecule has 0 fully saturated rings. The Hall–Kier alpha value is -1.71. The average Bonchev–Trinajstić information content (AvgIpc) is 2.35. The summed E-state index contributed by atoms with van der Waals surface area (Å²) in [5.41, 5.74) is -1.50. The van der Waals surface area contributed by atoms with Crippen LogP contribution in [-0.2, 0) is 10.0 Å². The number of nitro groups is 1. The molecular formula is C11H16N2O6S. The molecule has 1 aromatic rings. The van der Waals surface area contributed by atoms with Gasteiger partial charge in [0.2, 0.25) is 10.0 Å². The lowest BCUT2D eigenvalue weighted by Gasteiger charge is -2.18. The molecule has 1 rings (SSSR count). The highest BCUT2D eigenvalue weighted by molar-refractivity contribution is 7.89. The zero-order valence-electron chi connectivity index (χ0n) is 11.3. The van der Waals surface area contributed by atoms with E-state index < -0.39 is 20.5 Å². The Labute approximate surface area is 116 Å². The highest BCUT2D eigenvalue weighted by Crippen LogP contribution is 2.28. The van der Waals surface area contributed by atoms with Crippen LogP contribution < -0.4 is 9.46 Å². The van der Waals surface area contributed by atoms with Gasteiger partial charge in [0.05, 0.1) is 23.7 Å². The molecule has 0 aliphatic carbocycles. The van der Waals surface area contributed by atoms with E-state index in [0.717, 1.165) is 18.2 Å². The third-order valence-corrected chi connectivity index (χ3v) is 3.78. The molecule has 0 radical (unpaired) electrons. The summed E-state index contributed by atoms with van der Waals surface area (Å²) in [4.78, 5) is 9.76. The molecular weight excluding hydrogens is 288 g/mol. The lowest BCUT2D eigenvalue weighted by atomic mass is 10.1. The monoisotopic (exact) mass is 304 g/mol. The van der Waals surface area contributed by atoms with Crippen molar-refractivity contribution < 1.29 is 23.2 Å². The van der Waals surface area contributed by atoms with E-state index in [9.17, 15) is 23.6 Å². The summed E-state index contributed by atoms with van der Waals surface area (Å²) in [5.74, 6) is -0.137. The van der Waals surface area contributed by atoms with Gasteiger partial charge in [-0.2, -0.15) is 0 Å². The van der Waals surface area contributed by atoms with Gasteiger partial charge in [0.15, 0.2) is 0 Å². The second-order valence-corrected chi connectivity index (χ2v) is 6.46. The van der Waals surface area contributed by atoms with E-state index in [0.29, 0.717) is 0 Å². The molecule has 0 amide bonds. The first-order chi connectivity index (χ1) is 9.07. The van der Waals surface area contributed by atoms with E-state index >= 15 is 0 Å². The predicted octanol–water partition coefficient (Wildman–Crippen LogP) is 0.653. The molecule has 0 unspecified atom stereocenters. The number of methoxy groups -OCH3 is 1. The van der Waals surface area contributed by atoms with Gasteiger partial charge in [-0.25, -0.2) is 13.1 Å². The molecule has 0 heterocycles. The molecule has 9 heteroatoms. The maximum absolute atomic E-state index is 12.1. The zero-order valence-corrected chi connectivity index (χ0v) is 12.1. The van der Waals surface area contributed by atoms with Crippen LogP contribution in [0.25, 0.3) is 0 Å². The van der Waals surface area contributed by atoms with E-state index in [1.165, 1.54) is 21.0 Å². The van der Waals surface area contributed by atoms with Crippen LogP contribution in [0.3, 0.4) is 0 Å². The van der Waals surface area contributed by atoms with E-state index in [-0.39, 0.29) is 22.9 Å². The number of nitro benzene ring substituents is 1. The Balaban J connectivity index is 3.15. The van der Waals surface area contributed by atoms with Crippen LogP contribution in [0.1, 0.15) is 13.8 Å². The van der Waals surface area contributed by atoms with Crippen molar-refractivity contribution >= 4 is 15.7 Å². The van der Waals surface area contributed by atoms with Crippen molar-refractivity contribution in [1.29, 1.82) is 0 Å². The topological polar surface area (TPSA) is 119 Å². The lowest BCUT2D eigenvalue weighted by molar-refractivity contribution is -0.385. The predicted molar refractivity (Wildman–Crippen MR) is 71.1 cm³/mol. The summed E-state index contributed by atoms with van der Waals surface area (Å²) < 4.78 is 31.2. The fraction of sp³-hybridized carbons (Fsp3) is 0.455. The molecule has 0 aromatic heterocycles. The van der Waals surface area contributed by atoms with Gasteiger partial charge in [0.25, 0.3) is 5.69 Å². The molecule has 1 aromatic carbocycles. The molecule has 0 atom stereocenters. The van der Waals surface area contributed by atoms with E-state index in [1.54, 1.807) is 0 Å². The number of ether oxygens (including phenoxy) is 1. The van der Waals surface area contributed by atoms with Gasteiger partial charge >= 0.3 is 0 Å². The van der Waals surface area contributed by atoms with Crippen LogP contribution in [-0.4, -0.2) is 37.7 Å². The summed E-state index contributed by atoms with van der Waals surface area (Å²) >= 11 is 0. The zero-order chi connectivity index (χ0) is 15.6. The standard InChI is InChI=1S/C11H16N2O6S/c1-11(2,14)7-12-20(17,18)10-5-4-8(13(15)16)6-9(10)19-3/h4-6,12,14H,7H2,1-3H3. The van der Waals surface area contributed by atoms with Gasteiger partial charge in [-0.05, 0) is 19.9 Å². The number of benzene rings is 1. The number of sulfonamides is 1. The number of nitrogens with one attached hydrogen (secondary N) is 1. The van der Waals surface area contributed by atoms with Gasteiger partial charge in [0.1, 0.15) is 10.6 Å². The summed E-state index contributed by atoms with van der Waals surface area (Å²) in [5, 5.41) is 20.2. The van der Waals surface area contributed by atoms with Crippen LogP contribution in [0, 0.1) is 10.1 Å². The van der Waals surface area contributed by atoms with Gasteiger partial charge in [-0.3, -0.25) is 10.1 Å². The summed E-state index contributed by atoms with van der Waals surface area (Å²) in [6, 6.07) is 3.18. The number of aliphatic hydroxyl groups is 1. The average molecular weight is 304 g/mol. The number of rotatable bonds is 6. The van der Waals surface area contributed by atoms with Crippen molar-refractivity contribution in [2.24, 2.45) is 0 Å². The minimum absolute atomic E-state index is 0.137. The summed E-state index contributed by atoms with van der Waals surface area (Å²) in [6.45, 7) is 2.70. The largest absolute Gasteiger partial charge is 0.495 e. The molecule has 0 bridgehead atoms. The Morgan fingerprint density at radius 3 is 2.50 bits per heavy atom. The third kappa shape index (κ3) is 4.15. The van der Waals surface area contributed by atoms with Gasteiger partial charge in [0, 0.05) is 12.6 Å². The van der Waals surface area contributed by atoms with E-state index in [2.05, 4.69) is 4.72 Å². The van der Waals surface area contributed by atoms with Crippen molar-refractivity contribution in [3.8, 4) is 5.75 Å². The molecule has 20 heavy (non-hydrogen) atoms. The van der Waals surface area contributed by atoms with Crippen LogP contribution in [0.5, 0.6) is 5.75 Å². The van der Waals surface area contributed by atoms with E-state index in [1.807, 2.05) is 0 Å². The second kappa shape index (κ2) is 5.73. The van der Waals surface area contributed by atoms with Gasteiger partial charge in [-0.15, -0.1) is 0 Å². The number of hydrogen-bond donors (Lipinski definition) is 2. The Bertz CT molecular complexity index is 606. The Morgan fingerprint density at radius 1 is 1.45 bits per heavy atom. The first-order valence-corrected chi connectivity index (χ1v) is 7.09. The van der Waals surface area contributed by atoms with Crippen LogP contribution in [0.4, 0.5) is 5.69 Å². The molecule has 2 N–H and O–H groups in total. The van der Waals surface area contributed by atoms with Crippen molar-refractivity contribution in [2.75, 3.05) is 13.7 Å². The SMILES string of the molecule is COc1cc([N+](=O)[O-])ccc1S(=O)(=O)NCC(C)(C)O. The maximum atomic E-state index is 12.1. The number of hydrogen-bond acceptors (Lipinski definition) is 6. The second-order valence-electron chi connectivity index (χ2n) is 4.73. The van der Waals surface area contributed by atoms with Crippen molar-refractivity contribution in [3.05, 3.63) is 28.3 Å². The highest BCUT2D eigenvalue weighted by atomic mass is 32.2. The van der Waals surface area contributed by atoms with Crippen molar-refractivity contribution in [3.63, 3.8) is 0 Å². The summed E-state index contributed by atoms with van der Waals surface area (Å²) in [7, 11) is -2.72. The van der Waals surface area contributed by atoms with Crippen LogP contribution in [0.2, 0.25) is 0 Å². The Morgan fingerprint density at radius 2 is 2.05 bits per heavy atom. The number of non-ortho nitro benzene ring substituents is 1. The highest BCUT2D eigenvalue weighted by Gasteiger charge is 2.24. The third-order valence-electron chi connectivity index (χ3n) is 2.34. The van der Waals surface area contributed by atoms with Gasteiger partial charge < -0.3 is 9.84 Å². The van der Waals surface area contributed by atoms with Crippen molar-refractivity contribution in [2.45, 2.75) is 24.3 Å². The van der Waals surface area contributed by atoms with Crippen LogP contribution in [0.15, 0.2) is 23.1 Å². The molecule has 8 nitrogen and oxygen atoms in total. The maximum Gasteiger partial charge on any atom is 0.273 e. The van der Waals surface area contributed by atoms with Crippen molar-refractivity contribution in [1.82, 2.24) is 4.72 Å². The minimum atomic E-state index is -3.94. The molecule has 0 spiro atoms. The first kappa shape index (κ1) is 16.3. The lowest BCUT2D eigenvalue weighted by Crippen LogP contribution is -2.38. The van der Waals surface area contributed by atoms with E-state index in [4.69, 9.17) is 4.74 Å². The number of nitrogens with zero attached hydrogens (tertiary/aromatic N) is 1. The smallest absolute Gasteiger partial charge is 0.273 e. The molecule has 112 valence electrons. The first-order valence-electron chi connectivity index (χ1n) is 5.61.